The Labute approximate surface area is 186 Å². The topological polar surface area (TPSA) is 83.3 Å². The van der Waals surface area contributed by atoms with Crippen LogP contribution in [-0.4, -0.2) is 44.0 Å². The molecule has 6 nitrogen and oxygen atoms in total. The lowest BCUT2D eigenvalue weighted by Crippen LogP contribution is -2.40. The van der Waals surface area contributed by atoms with Crippen LogP contribution in [0.25, 0.3) is 11.1 Å². The summed E-state index contributed by atoms with van der Waals surface area (Å²) in [5.74, 6) is 0.711. The van der Waals surface area contributed by atoms with E-state index in [4.69, 9.17) is 4.74 Å². The molecule has 8 heteroatoms. The summed E-state index contributed by atoms with van der Waals surface area (Å²) in [6, 6.07) is 21.2. The van der Waals surface area contributed by atoms with E-state index in [-0.39, 0.29) is 4.90 Å². The molecule has 0 spiro atoms. The second-order valence-corrected chi connectivity index (χ2v) is 9.93. The van der Waals surface area contributed by atoms with Gasteiger partial charge in [-0.1, -0.05) is 42.5 Å². The smallest absolute Gasteiger partial charge is 0.244 e. The highest BCUT2D eigenvalue weighted by molar-refractivity contribution is 7.98. The quantitative estimate of drug-likeness (QED) is 0.528. The number of sulfonamides is 1. The molecule has 1 fully saturated rings. The fourth-order valence-electron chi connectivity index (χ4n) is 3.31. The summed E-state index contributed by atoms with van der Waals surface area (Å²) in [5.41, 5.74) is 3.69. The van der Waals surface area contributed by atoms with Gasteiger partial charge in [0.1, 0.15) is 4.90 Å². The Morgan fingerprint density at radius 2 is 1.77 bits per heavy atom. The Hall–Kier alpha value is -2.70. The summed E-state index contributed by atoms with van der Waals surface area (Å²) < 4.78 is 32.0. The molecule has 1 aliphatic rings. The number of nitriles is 1. The first-order valence-corrected chi connectivity index (χ1v) is 12.3. The maximum Gasteiger partial charge on any atom is 0.244 e. The predicted octanol–water partition coefficient (Wildman–Crippen LogP) is 3.93. The van der Waals surface area contributed by atoms with Gasteiger partial charge in [-0.15, -0.1) is 11.8 Å². The fraction of sp³-hybridized carbons (Fsp3) is 0.217. The Kier molecular flexibility index (Phi) is 6.68. The molecule has 2 heterocycles. The number of hydrogen-bond acceptors (Lipinski definition) is 6. The number of rotatable bonds is 6. The van der Waals surface area contributed by atoms with Gasteiger partial charge in [0, 0.05) is 25.0 Å². The molecule has 0 unspecified atom stereocenters. The van der Waals surface area contributed by atoms with Crippen molar-refractivity contribution in [3.63, 3.8) is 0 Å². The molecule has 0 atom stereocenters. The lowest BCUT2D eigenvalue weighted by molar-refractivity contribution is 0.0730. The molecule has 0 N–H and O–H groups in total. The zero-order chi connectivity index (χ0) is 21.7. The molecule has 0 aliphatic carbocycles. The number of pyridine rings is 1. The van der Waals surface area contributed by atoms with Gasteiger partial charge in [0.2, 0.25) is 10.0 Å². The first-order chi connectivity index (χ1) is 15.1. The van der Waals surface area contributed by atoms with E-state index in [1.54, 1.807) is 23.9 Å². The van der Waals surface area contributed by atoms with Crippen LogP contribution in [0.1, 0.15) is 11.1 Å². The molecule has 1 aliphatic heterocycles. The van der Waals surface area contributed by atoms with Gasteiger partial charge in [0.05, 0.1) is 29.9 Å². The van der Waals surface area contributed by atoms with Crippen molar-refractivity contribution in [1.82, 2.24) is 9.29 Å². The van der Waals surface area contributed by atoms with Crippen molar-refractivity contribution in [3.8, 4) is 17.2 Å². The molecule has 0 radical (unpaired) electrons. The van der Waals surface area contributed by atoms with Crippen LogP contribution in [0.3, 0.4) is 0 Å². The largest absolute Gasteiger partial charge is 0.379 e. The van der Waals surface area contributed by atoms with Crippen molar-refractivity contribution in [2.45, 2.75) is 15.7 Å². The van der Waals surface area contributed by atoms with Crippen LogP contribution < -0.4 is 0 Å². The SMILES string of the molecule is N#Cc1ccccc1-c1ccc(CSc2ccc(S(=O)(=O)N3CCOCC3)cn2)cc1. The predicted molar refractivity (Wildman–Crippen MR) is 120 cm³/mol. The number of morpholine rings is 1. The van der Waals surface area contributed by atoms with E-state index in [9.17, 15) is 13.7 Å². The third-order valence-electron chi connectivity index (χ3n) is 5.02. The van der Waals surface area contributed by atoms with Crippen LogP contribution in [0.15, 0.2) is 76.8 Å². The molecule has 1 saturated heterocycles. The Morgan fingerprint density at radius 1 is 1.03 bits per heavy atom. The number of aromatic nitrogens is 1. The van der Waals surface area contributed by atoms with Gasteiger partial charge in [0.25, 0.3) is 0 Å². The highest BCUT2D eigenvalue weighted by Crippen LogP contribution is 2.27. The standard InChI is InChI=1S/C23H21N3O3S2/c24-15-20-3-1-2-4-22(20)19-7-5-18(6-8-19)17-30-23-10-9-21(16-25-23)31(27,28)26-11-13-29-14-12-26/h1-10,16H,11-14,17H2. The molecule has 0 saturated carbocycles. The normalized spacial score (nSPS) is 14.8. The van der Waals surface area contributed by atoms with Gasteiger partial charge in [0.15, 0.2) is 0 Å². The third kappa shape index (κ3) is 4.97. The third-order valence-corrected chi connectivity index (χ3v) is 7.91. The van der Waals surface area contributed by atoms with Gasteiger partial charge in [-0.05, 0) is 34.9 Å². The summed E-state index contributed by atoms with van der Waals surface area (Å²) in [4.78, 5) is 4.54. The number of benzene rings is 2. The minimum Gasteiger partial charge on any atom is -0.379 e. The van der Waals surface area contributed by atoms with Crippen molar-refractivity contribution >= 4 is 21.8 Å². The molecular formula is C23H21N3O3S2. The summed E-state index contributed by atoms with van der Waals surface area (Å²) in [6.07, 6.45) is 1.43. The van der Waals surface area contributed by atoms with Crippen molar-refractivity contribution in [2.75, 3.05) is 26.3 Å². The van der Waals surface area contributed by atoms with Gasteiger partial charge in [-0.2, -0.15) is 9.57 Å². The van der Waals surface area contributed by atoms with Gasteiger partial charge < -0.3 is 4.74 Å². The van der Waals surface area contributed by atoms with Crippen LogP contribution in [0.2, 0.25) is 0 Å². The number of hydrogen-bond donors (Lipinski definition) is 0. The van der Waals surface area contributed by atoms with Crippen LogP contribution in [-0.2, 0) is 20.5 Å². The van der Waals surface area contributed by atoms with Crippen molar-refractivity contribution in [3.05, 3.63) is 78.0 Å². The van der Waals surface area contributed by atoms with Gasteiger partial charge >= 0.3 is 0 Å². The van der Waals surface area contributed by atoms with E-state index >= 15 is 0 Å². The van der Waals surface area contributed by atoms with E-state index in [1.807, 2.05) is 48.5 Å². The van der Waals surface area contributed by atoms with Crippen molar-refractivity contribution in [1.29, 1.82) is 5.26 Å². The number of nitrogens with zero attached hydrogens (tertiary/aromatic N) is 3. The minimum atomic E-state index is -3.52. The summed E-state index contributed by atoms with van der Waals surface area (Å²) in [6.45, 7) is 1.57. The van der Waals surface area contributed by atoms with Crippen molar-refractivity contribution in [2.24, 2.45) is 0 Å². The van der Waals surface area contributed by atoms with E-state index < -0.39 is 10.0 Å². The van der Waals surface area contributed by atoms with Gasteiger partial charge in [-0.3, -0.25) is 0 Å². The summed E-state index contributed by atoms with van der Waals surface area (Å²) in [7, 11) is -3.52. The second-order valence-electron chi connectivity index (χ2n) is 6.99. The average molecular weight is 452 g/mol. The molecule has 3 aromatic rings. The van der Waals surface area contributed by atoms with Crippen LogP contribution in [0.4, 0.5) is 0 Å². The van der Waals surface area contributed by atoms with Gasteiger partial charge in [-0.25, -0.2) is 13.4 Å². The second kappa shape index (κ2) is 9.62. The monoisotopic (exact) mass is 451 g/mol. The van der Waals surface area contributed by atoms with Crippen LogP contribution in [0, 0.1) is 11.3 Å². The Balaban J connectivity index is 1.40. The Bertz CT molecular complexity index is 1180. The molecule has 31 heavy (non-hydrogen) atoms. The molecule has 1 aromatic heterocycles. The molecule has 2 aromatic carbocycles. The molecule has 4 rings (SSSR count). The first-order valence-electron chi connectivity index (χ1n) is 9.83. The zero-order valence-corrected chi connectivity index (χ0v) is 18.4. The van der Waals surface area contributed by atoms with E-state index in [1.165, 1.54) is 10.5 Å². The summed E-state index contributed by atoms with van der Waals surface area (Å²) in [5, 5.41) is 10.0. The molecular weight excluding hydrogens is 430 g/mol. The summed E-state index contributed by atoms with van der Waals surface area (Å²) >= 11 is 1.55. The number of ether oxygens (including phenoxy) is 1. The highest BCUT2D eigenvalue weighted by atomic mass is 32.2. The van der Waals surface area contributed by atoms with Crippen LogP contribution in [0.5, 0.6) is 0 Å². The molecule has 158 valence electrons. The minimum absolute atomic E-state index is 0.208. The van der Waals surface area contributed by atoms with Crippen LogP contribution >= 0.6 is 11.8 Å². The Morgan fingerprint density at radius 3 is 2.45 bits per heavy atom. The number of thioether (sulfide) groups is 1. The maximum atomic E-state index is 12.7. The van der Waals surface area contributed by atoms with E-state index in [0.29, 0.717) is 37.6 Å². The highest BCUT2D eigenvalue weighted by Gasteiger charge is 2.26. The zero-order valence-electron chi connectivity index (χ0n) is 16.8. The molecule has 0 amide bonds. The lowest BCUT2D eigenvalue weighted by Gasteiger charge is -2.25. The van der Waals surface area contributed by atoms with E-state index in [2.05, 4.69) is 11.1 Å². The average Bonchev–Trinajstić information content (AvgIpc) is 2.84. The maximum absolute atomic E-state index is 12.7. The fourth-order valence-corrected chi connectivity index (χ4v) is 5.46. The molecule has 0 bridgehead atoms. The lowest BCUT2D eigenvalue weighted by atomic mass is 10.00. The van der Waals surface area contributed by atoms with E-state index in [0.717, 1.165) is 21.7 Å². The first kappa shape index (κ1) is 21.5. The van der Waals surface area contributed by atoms with Crippen molar-refractivity contribution < 1.29 is 13.2 Å².